The molecule has 5 aromatic rings. The number of ether oxygens (including phenoxy) is 2. The van der Waals surface area contributed by atoms with Crippen LogP contribution in [-0.2, 0) is 6.61 Å². The summed E-state index contributed by atoms with van der Waals surface area (Å²) < 4.78 is 60.0. The molecule has 1 aliphatic heterocycles. The number of nitrogens with zero attached hydrogens (tertiary/aromatic N) is 3. The number of carboxylic acids is 1. The van der Waals surface area contributed by atoms with Gasteiger partial charge in [0.25, 0.3) is 0 Å². The van der Waals surface area contributed by atoms with Crippen molar-refractivity contribution in [1.82, 2.24) is 9.53 Å². The van der Waals surface area contributed by atoms with E-state index < -0.39 is 12.3 Å². The van der Waals surface area contributed by atoms with Gasteiger partial charge < -0.3 is 24.0 Å². The monoisotopic (exact) mass is 641 g/mol. The van der Waals surface area contributed by atoms with E-state index in [0.29, 0.717) is 40.6 Å². The van der Waals surface area contributed by atoms with E-state index in [4.69, 9.17) is 20.9 Å². The topological polar surface area (TPSA) is 97.9 Å². The number of aromatic nitrogens is 2. The number of fused-ring (bicyclic) bond motifs is 1. The van der Waals surface area contributed by atoms with Crippen LogP contribution in [-0.4, -0.2) is 40.1 Å². The Kier molecular flexibility index (Phi) is 7.13. The lowest BCUT2D eigenvalue weighted by Crippen LogP contribution is -2.45. The molecule has 0 radical (unpaired) electrons. The maximum absolute atomic E-state index is 13.1. The molecule has 0 bridgehead atoms. The minimum Gasteiger partial charge on any atom is -0.489 e. The fourth-order valence-corrected chi connectivity index (χ4v) is 6.54. The van der Waals surface area contributed by atoms with Gasteiger partial charge in [-0.3, -0.25) is 0 Å². The van der Waals surface area contributed by atoms with Crippen molar-refractivity contribution in [3.63, 3.8) is 0 Å². The molecule has 13 heteroatoms. The summed E-state index contributed by atoms with van der Waals surface area (Å²) in [4.78, 5) is 13.7. The summed E-state index contributed by atoms with van der Waals surface area (Å²) in [5.74, 6) is 0.00109. The number of alkyl halides is 3. The van der Waals surface area contributed by atoms with Crippen LogP contribution < -0.4 is 14.4 Å². The Morgan fingerprint density at radius 2 is 1.89 bits per heavy atom. The van der Waals surface area contributed by atoms with Crippen LogP contribution in [0.2, 0.25) is 5.02 Å². The Balaban J connectivity index is 1.06. The molecule has 1 aliphatic carbocycles. The van der Waals surface area contributed by atoms with Crippen molar-refractivity contribution in [3.8, 4) is 22.8 Å². The van der Waals surface area contributed by atoms with E-state index in [1.165, 1.54) is 29.7 Å². The maximum atomic E-state index is 13.1. The summed E-state index contributed by atoms with van der Waals surface area (Å²) in [6.45, 7) is 1.44. The third-order valence-electron chi connectivity index (χ3n) is 7.83. The third-order valence-corrected chi connectivity index (χ3v) is 8.99. The lowest BCUT2D eigenvalue weighted by atomic mass is 9.90. The molecule has 2 aromatic heterocycles. The van der Waals surface area contributed by atoms with Gasteiger partial charge in [-0.25, -0.2) is 4.79 Å². The van der Waals surface area contributed by atoms with Crippen molar-refractivity contribution >= 4 is 44.9 Å². The number of para-hydroxylation sites is 1. The number of carbonyl (C=O) groups is 1. The van der Waals surface area contributed by atoms with Crippen molar-refractivity contribution in [2.45, 2.75) is 37.6 Å². The Morgan fingerprint density at radius 3 is 2.61 bits per heavy atom. The van der Waals surface area contributed by atoms with Gasteiger partial charge in [0.05, 0.1) is 10.3 Å². The Bertz CT molecular complexity index is 1880. The highest BCUT2D eigenvalue weighted by atomic mass is 35.5. The van der Waals surface area contributed by atoms with Crippen molar-refractivity contribution < 1.29 is 37.1 Å². The number of hydrogen-bond donors (Lipinski definition) is 1. The minimum absolute atomic E-state index is 0.0240. The molecule has 1 saturated heterocycles. The maximum Gasteiger partial charge on any atom is 0.573 e. The first-order chi connectivity index (χ1) is 21.1. The number of benzene rings is 3. The van der Waals surface area contributed by atoms with E-state index in [0.717, 1.165) is 28.8 Å². The average Bonchev–Trinajstić information content (AvgIpc) is 3.57. The van der Waals surface area contributed by atoms with Gasteiger partial charge >= 0.3 is 12.3 Å². The van der Waals surface area contributed by atoms with E-state index in [1.807, 2.05) is 30.3 Å². The van der Waals surface area contributed by atoms with Crippen LogP contribution in [0.1, 0.15) is 52.1 Å². The number of rotatable bonds is 9. The van der Waals surface area contributed by atoms with Gasteiger partial charge in [0.2, 0.25) is 0 Å². The fraction of sp³-hybridized carbons (Fsp3) is 0.258. The smallest absolute Gasteiger partial charge is 0.489 e. The second-order valence-electron chi connectivity index (χ2n) is 10.8. The molecule has 3 aromatic carbocycles. The third kappa shape index (κ3) is 5.55. The zero-order chi connectivity index (χ0) is 30.6. The molecule has 7 rings (SSSR count). The average molecular weight is 642 g/mol. The number of aromatic carboxylic acids is 1. The van der Waals surface area contributed by atoms with Gasteiger partial charge in [0.15, 0.2) is 5.69 Å². The summed E-state index contributed by atoms with van der Waals surface area (Å²) in [6.07, 6.45) is -3.05. The van der Waals surface area contributed by atoms with E-state index in [2.05, 4.69) is 19.2 Å². The van der Waals surface area contributed by atoms with Crippen LogP contribution in [0, 0.1) is 0 Å². The van der Waals surface area contributed by atoms with E-state index in [-0.39, 0.29) is 41.1 Å². The van der Waals surface area contributed by atoms with Gasteiger partial charge in [0.1, 0.15) is 29.6 Å². The van der Waals surface area contributed by atoms with Crippen molar-refractivity contribution in [2.75, 3.05) is 18.0 Å². The lowest BCUT2D eigenvalue weighted by molar-refractivity contribution is -0.274. The normalized spacial score (nSPS) is 15.4. The zero-order valence-electron chi connectivity index (χ0n) is 22.8. The van der Waals surface area contributed by atoms with Gasteiger partial charge in [-0.05, 0) is 72.4 Å². The highest BCUT2D eigenvalue weighted by Gasteiger charge is 2.36. The number of halogens is 4. The highest BCUT2D eigenvalue weighted by molar-refractivity contribution is 7.13. The molecule has 0 atom stereocenters. The van der Waals surface area contributed by atoms with Gasteiger partial charge in [-0.2, -0.15) is 4.37 Å². The zero-order valence-corrected chi connectivity index (χ0v) is 24.4. The summed E-state index contributed by atoms with van der Waals surface area (Å²) in [6, 6.07) is 17.0. The predicted octanol–water partition coefficient (Wildman–Crippen LogP) is 8.26. The summed E-state index contributed by atoms with van der Waals surface area (Å²) in [7, 11) is 0. The molecular formula is C31H23ClF3N3O5S. The Hall–Kier alpha value is -4.29. The lowest BCUT2D eigenvalue weighted by Gasteiger charge is -2.41. The number of anilines is 1. The summed E-state index contributed by atoms with van der Waals surface area (Å²) >= 11 is 7.85. The number of hydrogen-bond acceptors (Lipinski definition) is 8. The SMILES string of the molecule is O=C(O)c1nsc2ccc(N3CC(c4ccc(OCc5c(-c6ccccc6OC(F)(F)F)noc5C5CC5)cc4Cl)C3)cc12. The quantitative estimate of drug-likeness (QED) is 0.172. The molecule has 0 unspecified atom stereocenters. The van der Waals surface area contributed by atoms with E-state index >= 15 is 0 Å². The molecule has 8 nitrogen and oxygen atoms in total. The standard InChI is InChI=1S/C31H23ClF3N3O5S/c32-24-12-19(8-9-20(24)17-13-38(14-17)18-7-10-26-22(11-18)28(30(39)40)37-44-26)41-15-23-27(36-43-29(23)16-5-6-16)21-3-1-2-4-25(21)42-31(33,34)35/h1-4,7-12,16-17H,5-6,13-15H2,(H,39,40). The first-order valence-electron chi connectivity index (χ1n) is 13.8. The molecule has 1 saturated carbocycles. The Labute approximate surface area is 257 Å². The second kappa shape index (κ2) is 11.0. The first kappa shape index (κ1) is 28.5. The highest BCUT2D eigenvalue weighted by Crippen LogP contribution is 2.46. The van der Waals surface area contributed by atoms with Crippen molar-refractivity contribution in [1.29, 1.82) is 0 Å². The van der Waals surface area contributed by atoms with Gasteiger partial charge in [-0.1, -0.05) is 35.0 Å². The Morgan fingerprint density at radius 1 is 1.09 bits per heavy atom. The van der Waals surface area contributed by atoms with E-state index in [1.54, 1.807) is 12.1 Å². The summed E-state index contributed by atoms with van der Waals surface area (Å²) in [5, 5.41) is 14.7. The molecule has 0 spiro atoms. The van der Waals surface area contributed by atoms with Crippen LogP contribution in [0.25, 0.3) is 21.3 Å². The van der Waals surface area contributed by atoms with Gasteiger partial charge in [-0.15, -0.1) is 13.2 Å². The van der Waals surface area contributed by atoms with Crippen molar-refractivity contribution in [2.24, 2.45) is 0 Å². The summed E-state index contributed by atoms with van der Waals surface area (Å²) in [5.41, 5.74) is 2.92. The molecule has 3 heterocycles. The number of carboxylic acid groups (broad SMARTS) is 1. The van der Waals surface area contributed by atoms with Crippen LogP contribution in [0.15, 0.2) is 65.2 Å². The van der Waals surface area contributed by atoms with Crippen LogP contribution in [0.3, 0.4) is 0 Å². The molecule has 226 valence electrons. The van der Waals surface area contributed by atoms with Crippen molar-refractivity contribution in [3.05, 3.63) is 88.3 Å². The molecular weight excluding hydrogens is 619 g/mol. The second-order valence-corrected chi connectivity index (χ2v) is 12.0. The predicted molar refractivity (Wildman–Crippen MR) is 158 cm³/mol. The van der Waals surface area contributed by atoms with Gasteiger partial charge in [0, 0.05) is 46.6 Å². The largest absolute Gasteiger partial charge is 0.573 e. The molecule has 2 fully saturated rings. The minimum atomic E-state index is -4.86. The molecule has 2 aliphatic rings. The molecule has 0 amide bonds. The van der Waals surface area contributed by atoms with E-state index in [9.17, 15) is 23.1 Å². The molecule has 44 heavy (non-hydrogen) atoms. The first-order valence-corrected chi connectivity index (χ1v) is 14.9. The fourth-order valence-electron chi connectivity index (χ4n) is 5.46. The van der Waals surface area contributed by atoms with Crippen LogP contribution in [0.5, 0.6) is 11.5 Å². The molecule has 1 N–H and O–H groups in total. The van der Waals surface area contributed by atoms with Crippen LogP contribution in [0.4, 0.5) is 18.9 Å². The van der Waals surface area contributed by atoms with Crippen LogP contribution >= 0.6 is 23.1 Å².